The fourth-order valence-corrected chi connectivity index (χ4v) is 1.51. The zero-order valence-corrected chi connectivity index (χ0v) is 10.7. The first-order chi connectivity index (χ1) is 9.46. The van der Waals surface area contributed by atoms with Gasteiger partial charge in [-0.3, -0.25) is 0 Å². The maximum Gasteiger partial charge on any atom is 0.573 e. The van der Waals surface area contributed by atoms with Crippen LogP contribution in [0.2, 0.25) is 0 Å². The maximum atomic E-state index is 12.0. The Bertz CT molecular complexity index is 557. The predicted molar refractivity (Wildman–Crippen MR) is 65.1 cm³/mol. The van der Waals surface area contributed by atoms with Crippen molar-refractivity contribution in [2.24, 2.45) is 0 Å². The molecule has 1 aromatic heterocycles. The summed E-state index contributed by atoms with van der Waals surface area (Å²) in [6, 6.07) is 5.27. The van der Waals surface area contributed by atoms with E-state index >= 15 is 0 Å². The summed E-state index contributed by atoms with van der Waals surface area (Å²) >= 11 is 5.52. The highest BCUT2D eigenvalue weighted by Crippen LogP contribution is 2.25. The second-order valence-corrected chi connectivity index (χ2v) is 4.02. The molecule has 0 atom stereocenters. The standard InChI is InChI=1S/C11H9ClF3N3O2/c12-6-5-9-17-18-10(19-9)16-7-1-3-8(4-2-7)20-11(13,14)15/h1-4H,5-6H2,(H,16,18). The first-order valence-electron chi connectivity index (χ1n) is 5.47. The fraction of sp³-hybridized carbons (Fsp3) is 0.273. The Balaban J connectivity index is 1.99. The van der Waals surface area contributed by atoms with Crippen molar-refractivity contribution < 1.29 is 22.3 Å². The van der Waals surface area contributed by atoms with Crippen molar-refractivity contribution in [2.75, 3.05) is 11.2 Å². The second kappa shape index (κ2) is 6.00. The van der Waals surface area contributed by atoms with Crippen molar-refractivity contribution in [3.8, 4) is 5.75 Å². The lowest BCUT2D eigenvalue weighted by Gasteiger charge is -2.09. The lowest BCUT2D eigenvalue weighted by molar-refractivity contribution is -0.274. The topological polar surface area (TPSA) is 60.2 Å². The Kier molecular flexibility index (Phi) is 4.33. The largest absolute Gasteiger partial charge is 0.573 e. The van der Waals surface area contributed by atoms with Gasteiger partial charge in [-0.1, -0.05) is 5.10 Å². The van der Waals surface area contributed by atoms with Crippen LogP contribution in [0.5, 0.6) is 5.75 Å². The predicted octanol–water partition coefficient (Wildman–Crippen LogP) is 3.49. The number of alkyl halides is 4. The molecule has 1 N–H and O–H groups in total. The van der Waals surface area contributed by atoms with E-state index in [-0.39, 0.29) is 11.8 Å². The molecule has 108 valence electrons. The third-order valence-electron chi connectivity index (χ3n) is 2.11. The molecule has 0 unspecified atom stereocenters. The smallest absolute Gasteiger partial charge is 0.408 e. The molecule has 0 bridgehead atoms. The molecule has 2 aromatic rings. The number of hydrogen-bond donors (Lipinski definition) is 1. The van der Waals surface area contributed by atoms with Crippen LogP contribution in [0, 0.1) is 0 Å². The number of benzene rings is 1. The Morgan fingerprint density at radius 3 is 2.50 bits per heavy atom. The molecule has 0 saturated heterocycles. The van der Waals surface area contributed by atoms with Gasteiger partial charge < -0.3 is 14.5 Å². The number of nitrogens with zero attached hydrogens (tertiary/aromatic N) is 2. The molecule has 5 nitrogen and oxygen atoms in total. The van der Waals surface area contributed by atoms with Crippen molar-refractivity contribution >= 4 is 23.3 Å². The Morgan fingerprint density at radius 2 is 1.90 bits per heavy atom. The lowest BCUT2D eigenvalue weighted by Crippen LogP contribution is -2.16. The number of rotatable bonds is 5. The first kappa shape index (κ1) is 14.4. The van der Waals surface area contributed by atoms with Crippen LogP contribution in [0.15, 0.2) is 28.7 Å². The van der Waals surface area contributed by atoms with Gasteiger partial charge in [0.1, 0.15) is 5.75 Å². The average molecular weight is 308 g/mol. The molecule has 0 aliphatic heterocycles. The van der Waals surface area contributed by atoms with E-state index in [0.717, 1.165) is 0 Å². The Hall–Kier alpha value is -1.96. The van der Waals surface area contributed by atoms with Crippen molar-refractivity contribution in [2.45, 2.75) is 12.8 Å². The summed E-state index contributed by atoms with van der Waals surface area (Å²) in [6.45, 7) is 0. The molecule has 20 heavy (non-hydrogen) atoms. The van der Waals surface area contributed by atoms with Gasteiger partial charge in [-0.05, 0) is 24.3 Å². The molecule has 0 fully saturated rings. The van der Waals surface area contributed by atoms with Gasteiger partial charge in [0.25, 0.3) is 0 Å². The highest BCUT2D eigenvalue weighted by atomic mass is 35.5. The highest BCUT2D eigenvalue weighted by molar-refractivity contribution is 6.17. The first-order valence-corrected chi connectivity index (χ1v) is 6.01. The third kappa shape index (κ3) is 4.30. The van der Waals surface area contributed by atoms with E-state index in [0.29, 0.717) is 23.9 Å². The summed E-state index contributed by atoms with van der Waals surface area (Å²) in [5.74, 6) is 0.418. The summed E-state index contributed by atoms with van der Waals surface area (Å²) in [5.41, 5.74) is 0.487. The quantitative estimate of drug-likeness (QED) is 0.857. The molecule has 0 aliphatic carbocycles. The molecule has 9 heteroatoms. The van der Waals surface area contributed by atoms with Crippen LogP contribution in [0.3, 0.4) is 0 Å². The molecule has 1 aromatic carbocycles. The number of aryl methyl sites for hydroxylation is 1. The molecular weight excluding hydrogens is 299 g/mol. The van der Waals surface area contributed by atoms with Crippen LogP contribution in [0.1, 0.15) is 5.89 Å². The van der Waals surface area contributed by atoms with E-state index in [1.165, 1.54) is 24.3 Å². The van der Waals surface area contributed by atoms with Crippen molar-refractivity contribution in [3.05, 3.63) is 30.2 Å². The van der Waals surface area contributed by atoms with Gasteiger partial charge in [-0.25, -0.2) is 0 Å². The van der Waals surface area contributed by atoms with Gasteiger partial charge in [-0.2, -0.15) is 0 Å². The normalized spacial score (nSPS) is 11.4. The van der Waals surface area contributed by atoms with Crippen LogP contribution < -0.4 is 10.1 Å². The summed E-state index contributed by atoms with van der Waals surface area (Å²) in [6.07, 6.45) is -4.27. The van der Waals surface area contributed by atoms with Crippen LogP contribution in [0.25, 0.3) is 0 Å². The Morgan fingerprint density at radius 1 is 1.20 bits per heavy atom. The Labute approximate surface area is 116 Å². The molecule has 1 heterocycles. The van der Waals surface area contributed by atoms with Crippen molar-refractivity contribution in [3.63, 3.8) is 0 Å². The number of hydrogen-bond acceptors (Lipinski definition) is 5. The van der Waals surface area contributed by atoms with Crippen LogP contribution in [-0.4, -0.2) is 22.4 Å². The van der Waals surface area contributed by atoms with E-state index in [4.69, 9.17) is 16.0 Å². The molecule has 2 rings (SSSR count). The number of ether oxygens (including phenoxy) is 1. The molecule has 0 amide bonds. The number of nitrogens with one attached hydrogen (secondary N) is 1. The zero-order chi connectivity index (χ0) is 14.6. The summed E-state index contributed by atoms with van der Waals surface area (Å²) in [7, 11) is 0. The highest BCUT2D eigenvalue weighted by Gasteiger charge is 2.30. The number of halogens is 4. The summed E-state index contributed by atoms with van der Waals surface area (Å²) < 4.78 is 44.9. The monoisotopic (exact) mass is 307 g/mol. The fourth-order valence-electron chi connectivity index (χ4n) is 1.35. The van der Waals surface area contributed by atoms with Crippen molar-refractivity contribution in [1.29, 1.82) is 0 Å². The second-order valence-electron chi connectivity index (χ2n) is 3.64. The average Bonchev–Trinajstić information content (AvgIpc) is 2.78. The number of aromatic nitrogens is 2. The minimum atomic E-state index is -4.71. The molecule has 0 aliphatic rings. The van der Waals surface area contributed by atoms with Gasteiger partial charge in [0.05, 0.1) is 0 Å². The molecule has 0 spiro atoms. The van der Waals surface area contributed by atoms with Crippen LogP contribution in [-0.2, 0) is 6.42 Å². The lowest BCUT2D eigenvalue weighted by atomic mass is 10.3. The van der Waals surface area contributed by atoms with Gasteiger partial charge >= 0.3 is 12.4 Å². The van der Waals surface area contributed by atoms with Gasteiger partial charge in [0, 0.05) is 18.0 Å². The molecule has 0 radical (unpaired) electrons. The maximum absolute atomic E-state index is 12.0. The third-order valence-corrected chi connectivity index (χ3v) is 2.30. The summed E-state index contributed by atoms with van der Waals surface area (Å²) in [5, 5.41) is 10.2. The SMILES string of the molecule is FC(F)(F)Oc1ccc(Nc2nnc(CCCl)o2)cc1. The summed E-state index contributed by atoms with van der Waals surface area (Å²) in [4.78, 5) is 0. The zero-order valence-electron chi connectivity index (χ0n) is 9.95. The van der Waals surface area contributed by atoms with Crippen LogP contribution >= 0.6 is 11.6 Å². The minimum Gasteiger partial charge on any atom is -0.408 e. The molecular formula is C11H9ClF3N3O2. The van der Waals surface area contributed by atoms with Gasteiger partial charge in [-0.15, -0.1) is 29.9 Å². The van der Waals surface area contributed by atoms with E-state index < -0.39 is 6.36 Å². The molecule has 0 saturated carbocycles. The minimum absolute atomic E-state index is 0.134. The van der Waals surface area contributed by atoms with Gasteiger partial charge in [0.2, 0.25) is 5.89 Å². The number of anilines is 2. The van der Waals surface area contributed by atoms with Crippen molar-refractivity contribution in [1.82, 2.24) is 10.2 Å². The van der Waals surface area contributed by atoms with Crippen LogP contribution in [0.4, 0.5) is 24.9 Å². The van der Waals surface area contributed by atoms with Gasteiger partial charge in [0.15, 0.2) is 0 Å². The van der Waals surface area contributed by atoms with E-state index in [1.54, 1.807) is 0 Å². The van der Waals surface area contributed by atoms with E-state index in [2.05, 4.69) is 20.3 Å². The van der Waals surface area contributed by atoms with E-state index in [9.17, 15) is 13.2 Å². The van der Waals surface area contributed by atoms with E-state index in [1.807, 2.05) is 0 Å².